The van der Waals surface area contributed by atoms with E-state index in [4.69, 9.17) is 14.4 Å². The van der Waals surface area contributed by atoms with E-state index in [2.05, 4.69) is 21.1 Å². The number of carbonyl (C=O) groups is 1. The third kappa shape index (κ3) is 3.41. The SMILES string of the molecule is O=C(O)c1cc(COCc2ccc(Br)cc2)on1. The number of halogens is 1. The van der Waals surface area contributed by atoms with E-state index < -0.39 is 5.97 Å². The summed E-state index contributed by atoms with van der Waals surface area (Å²) in [6.45, 7) is 0.618. The molecule has 0 aliphatic carbocycles. The van der Waals surface area contributed by atoms with Gasteiger partial charge in [-0.25, -0.2) is 4.79 Å². The maximum Gasteiger partial charge on any atom is 0.358 e. The Morgan fingerprint density at radius 1 is 1.33 bits per heavy atom. The van der Waals surface area contributed by atoms with Crippen molar-refractivity contribution in [1.82, 2.24) is 5.16 Å². The molecule has 0 radical (unpaired) electrons. The monoisotopic (exact) mass is 311 g/mol. The second-order valence-corrected chi connectivity index (χ2v) is 4.52. The third-order valence-electron chi connectivity index (χ3n) is 2.20. The maximum atomic E-state index is 10.6. The fraction of sp³-hybridized carbons (Fsp3) is 0.167. The summed E-state index contributed by atoms with van der Waals surface area (Å²) in [4.78, 5) is 10.6. The third-order valence-corrected chi connectivity index (χ3v) is 2.73. The van der Waals surface area contributed by atoms with Crippen molar-refractivity contribution in [2.24, 2.45) is 0 Å². The zero-order valence-corrected chi connectivity index (χ0v) is 10.9. The molecule has 6 heteroatoms. The van der Waals surface area contributed by atoms with Gasteiger partial charge in [-0.3, -0.25) is 0 Å². The lowest BCUT2D eigenvalue weighted by molar-refractivity contribution is 0.0683. The lowest BCUT2D eigenvalue weighted by atomic mass is 10.2. The molecular weight excluding hydrogens is 302 g/mol. The number of ether oxygens (including phenoxy) is 1. The van der Waals surface area contributed by atoms with Gasteiger partial charge >= 0.3 is 5.97 Å². The minimum atomic E-state index is -1.11. The highest BCUT2D eigenvalue weighted by Crippen LogP contribution is 2.12. The molecule has 1 heterocycles. The summed E-state index contributed by atoms with van der Waals surface area (Å²) in [5.74, 6) is -0.720. The summed E-state index contributed by atoms with van der Waals surface area (Å²) in [5, 5.41) is 12.1. The van der Waals surface area contributed by atoms with Crippen molar-refractivity contribution >= 4 is 21.9 Å². The van der Waals surface area contributed by atoms with E-state index in [1.165, 1.54) is 6.07 Å². The summed E-state index contributed by atoms with van der Waals surface area (Å²) in [6, 6.07) is 9.08. The van der Waals surface area contributed by atoms with Gasteiger partial charge in [0.25, 0.3) is 0 Å². The first kappa shape index (κ1) is 12.8. The summed E-state index contributed by atoms with van der Waals surface area (Å²) < 4.78 is 11.2. The molecule has 5 nitrogen and oxygen atoms in total. The van der Waals surface area contributed by atoms with Crippen LogP contribution >= 0.6 is 15.9 Å². The van der Waals surface area contributed by atoms with Gasteiger partial charge in [0.2, 0.25) is 0 Å². The number of carboxylic acids is 1. The van der Waals surface area contributed by atoms with Crippen LogP contribution in [0.25, 0.3) is 0 Å². The molecule has 0 atom stereocenters. The lowest BCUT2D eigenvalue weighted by Crippen LogP contribution is -1.95. The Morgan fingerprint density at radius 2 is 2.06 bits per heavy atom. The molecular formula is C12H10BrNO4. The van der Waals surface area contributed by atoms with Crippen LogP contribution in [-0.4, -0.2) is 16.2 Å². The van der Waals surface area contributed by atoms with Crippen molar-refractivity contribution in [1.29, 1.82) is 0 Å². The first-order chi connectivity index (χ1) is 8.65. The van der Waals surface area contributed by atoms with Crippen LogP contribution in [0.5, 0.6) is 0 Å². The fourth-order valence-electron chi connectivity index (χ4n) is 1.33. The second kappa shape index (κ2) is 5.79. The van der Waals surface area contributed by atoms with E-state index in [1.54, 1.807) is 0 Å². The van der Waals surface area contributed by atoms with Crippen LogP contribution in [0.15, 0.2) is 39.3 Å². The minimum Gasteiger partial charge on any atom is -0.476 e. The van der Waals surface area contributed by atoms with Crippen molar-refractivity contribution < 1.29 is 19.2 Å². The average Bonchev–Trinajstić information content (AvgIpc) is 2.81. The van der Waals surface area contributed by atoms with Gasteiger partial charge in [0, 0.05) is 10.5 Å². The summed E-state index contributed by atoms with van der Waals surface area (Å²) in [5.41, 5.74) is 0.911. The number of benzene rings is 1. The molecule has 0 fully saturated rings. The number of carboxylic acid groups (broad SMARTS) is 1. The fourth-order valence-corrected chi connectivity index (χ4v) is 1.60. The number of aromatic nitrogens is 1. The summed E-state index contributed by atoms with van der Waals surface area (Å²) >= 11 is 3.35. The van der Waals surface area contributed by atoms with E-state index >= 15 is 0 Å². The zero-order valence-electron chi connectivity index (χ0n) is 9.30. The lowest BCUT2D eigenvalue weighted by Gasteiger charge is -2.01. The quantitative estimate of drug-likeness (QED) is 0.919. The molecule has 18 heavy (non-hydrogen) atoms. The first-order valence-electron chi connectivity index (χ1n) is 5.16. The van der Waals surface area contributed by atoms with Crippen LogP contribution in [-0.2, 0) is 18.0 Å². The molecule has 0 amide bonds. The van der Waals surface area contributed by atoms with Gasteiger partial charge in [0.05, 0.1) is 6.61 Å². The van der Waals surface area contributed by atoms with Gasteiger partial charge in [0.1, 0.15) is 6.61 Å². The highest BCUT2D eigenvalue weighted by atomic mass is 79.9. The maximum absolute atomic E-state index is 10.6. The Labute approximate surface area is 111 Å². The van der Waals surface area contributed by atoms with Gasteiger partial charge < -0.3 is 14.4 Å². The van der Waals surface area contributed by atoms with Gasteiger partial charge in [-0.1, -0.05) is 33.2 Å². The van der Waals surface area contributed by atoms with E-state index in [-0.39, 0.29) is 12.3 Å². The number of hydrogen-bond acceptors (Lipinski definition) is 4. The highest BCUT2D eigenvalue weighted by Gasteiger charge is 2.10. The molecule has 2 aromatic rings. The molecule has 0 saturated heterocycles. The molecule has 1 aromatic carbocycles. The molecule has 0 aliphatic heterocycles. The number of hydrogen-bond donors (Lipinski definition) is 1. The van der Waals surface area contributed by atoms with Gasteiger partial charge in [-0.05, 0) is 17.7 Å². The summed E-state index contributed by atoms with van der Waals surface area (Å²) in [6.07, 6.45) is 0. The van der Waals surface area contributed by atoms with Crippen molar-refractivity contribution in [2.75, 3.05) is 0 Å². The Hall–Kier alpha value is -1.66. The Kier molecular flexibility index (Phi) is 4.11. The molecule has 0 bridgehead atoms. The van der Waals surface area contributed by atoms with Crippen molar-refractivity contribution in [3.8, 4) is 0 Å². The van der Waals surface area contributed by atoms with Crippen LogP contribution in [0.2, 0.25) is 0 Å². The normalized spacial score (nSPS) is 10.5. The number of rotatable bonds is 5. The van der Waals surface area contributed by atoms with Crippen LogP contribution < -0.4 is 0 Å². The van der Waals surface area contributed by atoms with E-state index in [0.717, 1.165) is 10.0 Å². The van der Waals surface area contributed by atoms with Gasteiger partial charge in [-0.15, -0.1) is 0 Å². The van der Waals surface area contributed by atoms with Gasteiger partial charge in [-0.2, -0.15) is 0 Å². The molecule has 0 unspecified atom stereocenters. The van der Waals surface area contributed by atoms with Crippen LogP contribution in [0.4, 0.5) is 0 Å². The molecule has 2 rings (SSSR count). The Balaban J connectivity index is 1.84. The molecule has 0 aliphatic rings. The van der Waals surface area contributed by atoms with E-state index in [9.17, 15) is 4.79 Å². The standard InChI is InChI=1S/C12H10BrNO4/c13-9-3-1-8(2-4-9)6-17-7-10-5-11(12(15)16)14-18-10/h1-5H,6-7H2,(H,15,16). The van der Waals surface area contributed by atoms with Gasteiger partial charge in [0.15, 0.2) is 11.5 Å². The molecule has 0 spiro atoms. The molecule has 94 valence electrons. The highest BCUT2D eigenvalue weighted by molar-refractivity contribution is 9.10. The van der Waals surface area contributed by atoms with Crippen LogP contribution in [0, 0.1) is 0 Å². The topological polar surface area (TPSA) is 72.6 Å². The van der Waals surface area contributed by atoms with Crippen molar-refractivity contribution in [3.05, 3.63) is 51.8 Å². The number of nitrogens with zero attached hydrogens (tertiary/aromatic N) is 1. The molecule has 0 saturated carbocycles. The minimum absolute atomic E-state index is 0.114. The largest absolute Gasteiger partial charge is 0.476 e. The predicted molar refractivity (Wildman–Crippen MR) is 66.1 cm³/mol. The predicted octanol–water partition coefficient (Wildman–Crippen LogP) is 2.85. The zero-order chi connectivity index (χ0) is 13.0. The van der Waals surface area contributed by atoms with Crippen molar-refractivity contribution in [3.63, 3.8) is 0 Å². The smallest absolute Gasteiger partial charge is 0.358 e. The Morgan fingerprint density at radius 3 is 2.67 bits per heavy atom. The van der Waals surface area contributed by atoms with Crippen LogP contribution in [0.3, 0.4) is 0 Å². The second-order valence-electron chi connectivity index (χ2n) is 3.60. The Bertz CT molecular complexity index is 535. The number of aromatic carboxylic acids is 1. The molecule has 1 aromatic heterocycles. The van der Waals surface area contributed by atoms with E-state index in [0.29, 0.717) is 12.4 Å². The summed E-state index contributed by atoms with van der Waals surface area (Å²) in [7, 11) is 0. The first-order valence-corrected chi connectivity index (χ1v) is 5.95. The van der Waals surface area contributed by atoms with Crippen LogP contribution in [0.1, 0.15) is 21.8 Å². The average molecular weight is 312 g/mol. The van der Waals surface area contributed by atoms with E-state index in [1.807, 2.05) is 24.3 Å². The van der Waals surface area contributed by atoms with Crippen molar-refractivity contribution in [2.45, 2.75) is 13.2 Å². The molecule has 1 N–H and O–H groups in total.